The number of hydrogen-bond acceptors (Lipinski definition) is 7. The summed E-state index contributed by atoms with van der Waals surface area (Å²) in [6.45, 7) is 4.38. The molecule has 0 aliphatic carbocycles. The van der Waals surface area contributed by atoms with Gasteiger partial charge in [-0.25, -0.2) is 9.37 Å². The van der Waals surface area contributed by atoms with Gasteiger partial charge in [-0.1, -0.05) is 45.9 Å². The van der Waals surface area contributed by atoms with E-state index in [2.05, 4.69) is 43.0 Å². The van der Waals surface area contributed by atoms with E-state index >= 15 is 0 Å². The van der Waals surface area contributed by atoms with Crippen LogP contribution in [0.5, 0.6) is 5.75 Å². The van der Waals surface area contributed by atoms with E-state index in [-0.39, 0.29) is 24.1 Å². The van der Waals surface area contributed by atoms with Crippen LogP contribution in [0, 0.1) is 5.82 Å². The van der Waals surface area contributed by atoms with Crippen molar-refractivity contribution in [2.75, 3.05) is 11.1 Å². The van der Waals surface area contributed by atoms with Crippen molar-refractivity contribution in [2.24, 2.45) is 0 Å². The van der Waals surface area contributed by atoms with Gasteiger partial charge in [-0.2, -0.15) is 0 Å². The molecule has 0 spiro atoms. The summed E-state index contributed by atoms with van der Waals surface area (Å²) in [5.41, 5.74) is 1.78. The maximum Gasteiger partial charge on any atom is 0.236 e. The Hall–Kier alpha value is -3.02. The van der Waals surface area contributed by atoms with Gasteiger partial charge in [-0.3, -0.25) is 9.36 Å². The number of thiazole rings is 1. The summed E-state index contributed by atoms with van der Waals surface area (Å²) in [5.74, 6) is 0.710. The number of nitrogens with one attached hydrogen (secondary N) is 1. The topological polar surface area (TPSA) is 81.9 Å². The number of carbonyl (C=O) groups is 1. The molecule has 0 unspecified atom stereocenters. The zero-order valence-corrected chi connectivity index (χ0v) is 21.0. The third kappa shape index (κ3) is 6.31. The quantitative estimate of drug-likeness (QED) is 0.195. The summed E-state index contributed by atoms with van der Waals surface area (Å²) in [4.78, 5) is 17.0. The highest BCUT2D eigenvalue weighted by Crippen LogP contribution is 2.26. The van der Waals surface area contributed by atoms with Gasteiger partial charge in [0.15, 0.2) is 16.1 Å². The van der Waals surface area contributed by atoms with Crippen LogP contribution in [0.15, 0.2) is 76.2 Å². The summed E-state index contributed by atoms with van der Waals surface area (Å²) < 4.78 is 21.6. The molecule has 0 fully saturated rings. The molecule has 11 heteroatoms. The first kappa shape index (κ1) is 24.1. The zero-order chi connectivity index (χ0) is 23.9. The Kier molecular flexibility index (Phi) is 8.09. The molecule has 7 nitrogen and oxygen atoms in total. The number of rotatable bonds is 10. The van der Waals surface area contributed by atoms with Crippen LogP contribution in [0.2, 0.25) is 0 Å². The molecule has 174 valence electrons. The van der Waals surface area contributed by atoms with Crippen molar-refractivity contribution in [2.45, 2.75) is 18.3 Å². The van der Waals surface area contributed by atoms with E-state index in [4.69, 9.17) is 4.74 Å². The lowest BCUT2D eigenvalue weighted by atomic mass is 10.2. The summed E-state index contributed by atoms with van der Waals surface area (Å²) in [6, 6.07) is 13.6. The molecule has 2 heterocycles. The van der Waals surface area contributed by atoms with Crippen LogP contribution >= 0.6 is 39.0 Å². The number of carbonyl (C=O) groups excluding carboxylic acids is 1. The second-order valence-corrected chi connectivity index (χ2v) is 9.64. The van der Waals surface area contributed by atoms with Crippen molar-refractivity contribution < 1.29 is 13.9 Å². The normalized spacial score (nSPS) is 10.8. The molecule has 0 saturated carbocycles. The van der Waals surface area contributed by atoms with Crippen molar-refractivity contribution in [3.8, 4) is 17.0 Å². The number of amides is 1. The van der Waals surface area contributed by atoms with Crippen LogP contribution in [0.4, 0.5) is 9.52 Å². The molecule has 1 N–H and O–H groups in total. The first-order valence-electron chi connectivity index (χ1n) is 10.1. The lowest BCUT2D eigenvalue weighted by molar-refractivity contribution is -0.113. The van der Waals surface area contributed by atoms with E-state index in [1.165, 1.54) is 35.2 Å². The number of halogens is 2. The maximum absolute atomic E-state index is 13.1. The fraction of sp³-hybridized carbons (Fsp3) is 0.130. The molecule has 4 aromatic rings. The van der Waals surface area contributed by atoms with Gasteiger partial charge in [0.1, 0.15) is 18.2 Å². The number of anilines is 1. The van der Waals surface area contributed by atoms with E-state index < -0.39 is 0 Å². The molecule has 0 bridgehead atoms. The number of hydrogen-bond donors (Lipinski definition) is 1. The van der Waals surface area contributed by atoms with Crippen LogP contribution in [0.25, 0.3) is 11.3 Å². The largest absolute Gasteiger partial charge is 0.486 e. The Balaban J connectivity index is 1.34. The van der Waals surface area contributed by atoms with Gasteiger partial charge in [-0.15, -0.1) is 28.1 Å². The van der Waals surface area contributed by atoms with Crippen molar-refractivity contribution >= 4 is 50.1 Å². The smallest absolute Gasteiger partial charge is 0.236 e. The minimum absolute atomic E-state index is 0.140. The molecule has 0 radical (unpaired) electrons. The van der Waals surface area contributed by atoms with E-state index in [1.54, 1.807) is 18.2 Å². The molecule has 0 saturated heterocycles. The van der Waals surface area contributed by atoms with Gasteiger partial charge in [0.2, 0.25) is 5.91 Å². The molecule has 2 aromatic heterocycles. The molecule has 0 aliphatic rings. The van der Waals surface area contributed by atoms with Crippen LogP contribution in [-0.2, 0) is 17.9 Å². The fourth-order valence-electron chi connectivity index (χ4n) is 2.89. The molecule has 0 atom stereocenters. The van der Waals surface area contributed by atoms with Crippen LogP contribution in [0.1, 0.15) is 5.82 Å². The van der Waals surface area contributed by atoms with Gasteiger partial charge >= 0.3 is 0 Å². The third-order valence-corrected chi connectivity index (χ3v) is 6.76. The second kappa shape index (κ2) is 11.4. The molecule has 0 aliphatic heterocycles. The molecular formula is C23H19BrFN5O2S2. The lowest BCUT2D eigenvalue weighted by Gasteiger charge is -2.09. The highest BCUT2D eigenvalue weighted by Gasteiger charge is 2.15. The standard InChI is InChI=1S/C23H19BrFN5O2S2/c1-2-11-30-20(12-32-18-9-7-17(25)8-10-18)28-29-23(30)34-14-21(31)27-22-26-19(13-33-22)15-3-5-16(24)6-4-15/h2-10,13H,1,11-12,14H2,(H,26,27,31). The average Bonchev–Trinajstić information content (AvgIpc) is 3.45. The van der Waals surface area contributed by atoms with Gasteiger partial charge in [-0.05, 0) is 36.4 Å². The van der Waals surface area contributed by atoms with E-state index in [9.17, 15) is 9.18 Å². The molecule has 1 amide bonds. The highest BCUT2D eigenvalue weighted by atomic mass is 79.9. The summed E-state index contributed by atoms with van der Waals surface area (Å²) >= 11 is 6.05. The van der Waals surface area contributed by atoms with Gasteiger partial charge in [0, 0.05) is 22.0 Å². The number of ether oxygens (including phenoxy) is 1. The number of thioether (sulfide) groups is 1. The van der Waals surface area contributed by atoms with E-state index in [0.717, 1.165) is 15.7 Å². The minimum Gasteiger partial charge on any atom is -0.486 e. The Morgan fingerprint density at radius 2 is 1.97 bits per heavy atom. The van der Waals surface area contributed by atoms with E-state index in [0.29, 0.717) is 28.4 Å². The van der Waals surface area contributed by atoms with Crippen LogP contribution in [-0.4, -0.2) is 31.4 Å². The number of allylic oxidation sites excluding steroid dienone is 1. The molecular weight excluding hydrogens is 541 g/mol. The summed E-state index contributed by atoms with van der Waals surface area (Å²) in [6.07, 6.45) is 1.72. The van der Waals surface area contributed by atoms with Crippen molar-refractivity contribution in [3.63, 3.8) is 0 Å². The summed E-state index contributed by atoms with van der Waals surface area (Å²) in [5, 5.41) is 14.2. The summed E-state index contributed by atoms with van der Waals surface area (Å²) in [7, 11) is 0. The van der Waals surface area contributed by atoms with E-state index in [1.807, 2.05) is 34.2 Å². The molecule has 34 heavy (non-hydrogen) atoms. The Morgan fingerprint density at radius 3 is 2.71 bits per heavy atom. The Labute approximate surface area is 212 Å². The third-order valence-electron chi connectivity index (χ3n) is 4.51. The predicted octanol–water partition coefficient (Wildman–Crippen LogP) is 5.80. The zero-order valence-electron chi connectivity index (χ0n) is 17.8. The lowest BCUT2D eigenvalue weighted by Crippen LogP contribution is -2.15. The number of nitrogens with zero attached hydrogens (tertiary/aromatic N) is 4. The van der Waals surface area contributed by atoms with Crippen molar-refractivity contribution in [1.82, 2.24) is 19.7 Å². The number of aromatic nitrogens is 4. The van der Waals surface area contributed by atoms with Gasteiger partial charge < -0.3 is 10.1 Å². The Bertz CT molecular complexity index is 1280. The monoisotopic (exact) mass is 559 g/mol. The van der Waals surface area contributed by atoms with Gasteiger partial charge in [0.05, 0.1) is 11.4 Å². The number of benzene rings is 2. The fourth-order valence-corrected chi connectivity index (χ4v) is 4.66. The molecule has 4 rings (SSSR count). The SMILES string of the molecule is C=CCn1c(COc2ccc(F)cc2)nnc1SCC(=O)Nc1nc(-c2ccc(Br)cc2)cs1. The first-order valence-corrected chi connectivity index (χ1v) is 12.7. The molecule has 2 aromatic carbocycles. The highest BCUT2D eigenvalue weighted by molar-refractivity contribution is 9.10. The van der Waals surface area contributed by atoms with Crippen molar-refractivity contribution in [3.05, 3.63) is 82.7 Å². The minimum atomic E-state index is -0.332. The predicted molar refractivity (Wildman–Crippen MR) is 136 cm³/mol. The first-order chi connectivity index (χ1) is 16.5. The van der Waals surface area contributed by atoms with Crippen LogP contribution < -0.4 is 10.1 Å². The van der Waals surface area contributed by atoms with Crippen LogP contribution in [0.3, 0.4) is 0 Å². The van der Waals surface area contributed by atoms with Gasteiger partial charge in [0.25, 0.3) is 0 Å². The maximum atomic E-state index is 13.1. The second-order valence-electron chi connectivity index (χ2n) is 6.92. The Morgan fingerprint density at radius 1 is 1.21 bits per heavy atom. The van der Waals surface area contributed by atoms with Crippen molar-refractivity contribution in [1.29, 1.82) is 0 Å². The average molecular weight is 560 g/mol.